The number of hydrogen-bond acceptors (Lipinski definition) is 2. The molecule has 0 amide bonds. The third-order valence-electron chi connectivity index (χ3n) is 3.02. The highest BCUT2D eigenvalue weighted by Crippen LogP contribution is 2.23. The summed E-state index contributed by atoms with van der Waals surface area (Å²) in [5, 5.41) is 4.93. The fraction of sp³-hybridized carbons (Fsp3) is 0.500. The number of nitrogens with zero attached hydrogens (tertiary/aromatic N) is 1. The van der Waals surface area contributed by atoms with Gasteiger partial charge in [0.15, 0.2) is 0 Å². The van der Waals surface area contributed by atoms with Crippen LogP contribution >= 0.6 is 23.2 Å². The molecule has 1 aromatic rings. The van der Waals surface area contributed by atoms with Gasteiger partial charge in [0.2, 0.25) is 0 Å². The second kappa shape index (κ2) is 5.37. The highest BCUT2D eigenvalue weighted by molar-refractivity contribution is 6.33. The van der Waals surface area contributed by atoms with Gasteiger partial charge in [-0.15, -0.1) is 0 Å². The van der Waals surface area contributed by atoms with E-state index in [9.17, 15) is 0 Å². The van der Waals surface area contributed by atoms with Crippen molar-refractivity contribution in [2.45, 2.75) is 19.5 Å². The fourth-order valence-corrected chi connectivity index (χ4v) is 2.37. The molecule has 1 aliphatic rings. The summed E-state index contributed by atoms with van der Waals surface area (Å²) in [7, 11) is 0. The van der Waals surface area contributed by atoms with E-state index in [4.69, 9.17) is 23.2 Å². The van der Waals surface area contributed by atoms with E-state index in [1.165, 1.54) is 0 Å². The Hall–Kier alpha value is -0.280. The molecule has 0 aliphatic carbocycles. The van der Waals surface area contributed by atoms with E-state index >= 15 is 0 Å². The standard InChI is InChI=1S/C12H16Cl2N2/c1-9-7-15-4-5-16(9)8-10-6-11(13)2-3-12(10)14/h2-3,6,9,15H,4-5,7-8H2,1H3/t9-/m0/s1. The van der Waals surface area contributed by atoms with Crippen LogP contribution in [-0.2, 0) is 6.54 Å². The quantitative estimate of drug-likeness (QED) is 0.878. The molecule has 0 unspecified atom stereocenters. The average Bonchev–Trinajstić information content (AvgIpc) is 2.27. The maximum Gasteiger partial charge on any atom is 0.0452 e. The molecule has 1 aliphatic heterocycles. The number of hydrogen-bond donors (Lipinski definition) is 1. The number of rotatable bonds is 2. The summed E-state index contributed by atoms with van der Waals surface area (Å²) in [6, 6.07) is 6.20. The molecule has 0 saturated carbocycles. The van der Waals surface area contributed by atoms with Gasteiger partial charge in [-0.3, -0.25) is 4.90 Å². The molecule has 2 nitrogen and oxygen atoms in total. The van der Waals surface area contributed by atoms with Gasteiger partial charge < -0.3 is 5.32 Å². The van der Waals surface area contributed by atoms with Crippen molar-refractivity contribution in [3.63, 3.8) is 0 Å². The molecule has 1 atom stereocenters. The highest BCUT2D eigenvalue weighted by Gasteiger charge is 2.18. The zero-order valence-corrected chi connectivity index (χ0v) is 10.9. The third-order valence-corrected chi connectivity index (χ3v) is 3.62. The molecule has 4 heteroatoms. The molecule has 1 N–H and O–H groups in total. The van der Waals surface area contributed by atoms with E-state index in [2.05, 4.69) is 17.1 Å². The van der Waals surface area contributed by atoms with Crippen molar-refractivity contribution in [2.75, 3.05) is 19.6 Å². The Morgan fingerprint density at radius 2 is 2.25 bits per heavy atom. The topological polar surface area (TPSA) is 15.3 Å². The van der Waals surface area contributed by atoms with Crippen LogP contribution in [0.1, 0.15) is 12.5 Å². The maximum atomic E-state index is 6.16. The molecule has 1 fully saturated rings. The first-order chi connectivity index (χ1) is 7.66. The number of halogens is 2. The van der Waals surface area contributed by atoms with Crippen LogP contribution in [0.2, 0.25) is 10.0 Å². The van der Waals surface area contributed by atoms with E-state index in [0.717, 1.165) is 41.8 Å². The van der Waals surface area contributed by atoms with Gasteiger partial charge >= 0.3 is 0 Å². The summed E-state index contributed by atoms with van der Waals surface area (Å²) in [5.41, 5.74) is 1.11. The predicted octanol–water partition coefficient (Wildman–Crippen LogP) is 2.79. The fourth-order valence-electron chi connectivity index (χ4n) is 2.00. The molecule has 0 aromatic heterocycles. The van der Waals surface area contributed by atoms with Crippen LogP contribution in [0, 0.1) is 0 Å². The highest BCUT2D eigenvalue weighted by atomic mass is 35.5. The van der Waals surface area contributed by atoms with Gasteiger partial charge in [-0.2, -0.15) is 0 Å². The third kappa shape index (κ3) is 2.89. The largest absolute Gasteiger partial charge is 0.314 e. The Kier molecular flexibility index (Phi) is 4.09. The summed E-state index contributed by atoms with van der Waals surface area (Å²) in [6.45, 7) is 6.25. The van der Waals surface area contributed by atoms with Crippen LogP contribution in [0.3, 0.4) is 0 Å². The van der Waals surface area contributed by atoms with Gasteiger partial charge in [-0.25, -0.2) is 0 Å². The Balaban J connectivity index is 2.10. The number of benzene rings is 1. The normalized spacial score (nSPS) is 22.3. The zero-order valence-electron chi connectivity index (χ0n) is 9.34. The molecular formula is C12H16Cl2N2. The Labute approximate surface area is 107 Å². The average molecular weight is 259 g/mol. The number of nitrogens with one attached hydrogen (secondary N) is 1. The minimum Gasteiger partial charge on any atom is -0.314 e. The van der Waals surface area contributed by atoms with Crippen molar-refractivity contribution < 1.29 is 0 Å². The van der Waals surface area contributed by atoms with Crippen LogP contribution in [-0.4, -0.2) is 30.6 Å². The van der Waals surface area contributed by atoms with Crippen LogP contribution in [0.15, 0.2) is 18.2 Å². The van der Waals surface area contributed by atoms with E-state index in [1.807, 2.05) is 18.2 Å². The van der Waals surface area contributed by atoms with Crippen LogP contribution in [0.25, 0.3) is 0 Å². The molecule has 1 heterocycles. The first-order valence-corrected chi connectivity index (χ1v) is 6.31. The number of piperazine rings is 1. The molecule has 1 saturated heterocycles. The summed E-state index contributed by atoms with van der Waals surface area (Å²) >= 11 is 12.1. The van der Waals surface area contributed by atoms with Crippen molar-refractivity contribution >= 4 is 23.2 Å². The second-order valence-electron chi connectivity index (χ2n) is 4.26. The van der Waals surface area contributed by atoms with Crippen molar-refractivity contribution in [2.24, 2.45) is 0 Å². The summed E-state index contributed by atoms with van der Waals surface area (Å²) in [6.07, 6.45) is 0. The lowest BCUT2D eigenvalue weighted by Crippen LogP contribution is -2.49. The SMILES string of the molecule is C[C@H]1CNCCN1Cc1cc(Cl)ccc1Cl. The van der Waals surface area contributed by atoms with Crippen molar-refractivity contribution in [1.29, 1.82) is 0 Å². The van der Waals surface area contributed by atoms with Gasteiger partial charge in [-0.05, 0) is 30.7 Å². The lowest BCUT2D eigenvalue weighted by Gasteiger charge is -2.34. The Morgan fingerprint density at radius 3 is 3.00 bits per heavy atom. The Morgan fingerprint density at radius 1 is 1.44 bits per heavy atom. The minimum atomic E-state index is 0.545. The molecule has 0 radical (unpaired) electrons. The predicted molar refractivity (Wildman–Crippen MR) is 69.2 cm³/mol. The molecule has 88 valence electrons. The maximum absolute atomic E-state index is 6.16. The molecule has 0 bridgehead atoms. The van der Waals surface area contributed by atoms with Gasteiger partial charge in [0.25, 0.3) is 0 Å². The summed E-state index contributed by atoms with van der Waals surface area (Å²) in [5.74, 6) is 0. The second-order valence-corrected chi connectivity index (χ2v) is 5.10. The molecule has 16 heavy (non-hydrogen) atoms. The van der Waals surface area contributed by atoms with E-state index in [-0.39, 0.29) is 0 Å². The smallest absolute Gasteiger partial charge is 0.0452 e. The minimum absolute atomic E-state index is 0.545. The van der Waals surface area contributed by atoms with Crippen molar-refractivity contribution in [3.8, 4) is 0 Å². The monoisotopic (exact) mass is 258 g/mol. The Bertz CT molecular complexity index is 368. The molecule has 1 aromatic carbocycles. The van der Waals surface area contributed by atoms with E-state index in [1.54, 1.807) is 0 Å². The van der Waals surface area contributed by atoms with E-state index in [0.29, 0.717) is 6.04 Å². The van der Waals surface area contributed by atoms with E-state index < -0.39 is 0 Å². The van der Waals surface area contributed by atoms with Crippen LogP contribution in [0.4, 0.5) is 0 Å². The van der Waals surface area contributed by atoms with Gasteiger partial charge in [0, 0.05) is 42.3 Å². The molecular weight excluding hydrogens is 243 g/mol. The van der Waals surface area contributed by atoms with Gasteiger partial charge in [0.05, 0.1) is 0 Å². The van der Waals surface area contributed by atoms with Crippen molar-refractivity contribution in [1.82, 2.24) is 10.2 Å². The molecule has 0 spiro atoms. The van der Waals surface area contributed by atoms with Crippen molar-refractivity contribution in [3.05, 3.63) is 33.8 Å². The summed E-state index contributed by atoms with van der Waals surface area (Å²) < 4.78 is 0. The lowest BCUT2D eigenvalue weighted by molar-refractivity contribution is 0.165. The van der Waals surface area contributed by atoms with Gasteiger partial charge in [-0.1, -0.05) is 23.2 Å². The van der Waals surface area contributed by atoms with Gasteiger partial charge in [0.1, 0.15) is 0 Å². The van der Waals surface area contributed by atoms with Crippen LogP contribution in [0.5, 0.6) is 0 Å². The first-order valence-electron chi connectivity index (χ1n) is 5.55. The molecule has 2 rings (SSSR count). The summed E-state index contributed by atoms with van der Waals surface area (Å²) in [4.78, 5) is 2.42. The zero-order chi connectivity index (χ0) is 11.5. The van der Waals surface area contributed by atoms with Crippen LogP contribution < -0.4 is 5.32 Å². The first kappa shape index (κ1) is 12.2. The lowest BCUT2D eigenvalue weighted by atomic mass is 10.1.